The normalized spacial score (nSPS) is 16.7. The lowest BCUT2D eigenvalue weighted by atomic mass is 9.89. The van der Waals surface area contributed by atoms with Crippen molar-refractivity contribution in [3.05, 3.63) is 0 Å². The Morgan fingerprint density at radius 2 is 0.933 bits per heavy atom. The van der Waals surface area contributed by atoms with Gasteiger partial charge in [-0.05, 0) is 51.4 Å². The minimum atomic E-state index is -1.03. The van der Waals surface area contributed by atoms with Gasteiger partial charge in [0.2, 0.25) is 0 Å². The molecule has 4 atom stereocenters. The molecule has 0 aliphatic carbocycles. The molecule has 0 fully saturated rings. The average Bonchev–Trinajstić information content (AvgIpc) is 2.65. The molecule has 4 unspecified atom stereocenters. The molecule has 0 radical (unpaired) electrons. The Bertz CT molecular complexity index is 497. The van der Waals surface area contributed by atoms with E-state index in [0.717, 1.165) is 51.4 Å². The van der Waals surface area contributed by atoms with E-state index < -0.39 is 23.4 Å². The molecule has 0 saturated carbocycles. The molecule has 0 spiro atoms. The zero-order valence-corrected chi connectivity index (χ0v) is 20.8. The summed E-state index contributed by atoms with van der Waals surface area (Å²) in [5, 5.41) is 38.7. The summed E-state index contributed by atoms with van der Waals surface area (Å²) in [6.07, 6.45) is 6.93. The number of hydrogen-bond donors (Lipinski definition) is 4. The van der Waals surface area contributed by atoms with Gasteiger partial charge in [0.05, 0.1) is 0 Å². The summed E-state index contributed by atoms with van der Waals surface area (Å²) in [4.78, 5) is 0. The van der Waals surface area contributed by atoms with Crippen LogP contribution in [-0.2, 0) is 0 Å². The molecular weight excluding hydrogens is 376 g/mol. The van der Waals surface area contributed by atoms with Crippen LogP contribution < -0.4 is 0 Å². The summed E-state index contributed by atoms with van der Waals surface area (Å²) in [7, 11) is 0. The quantitative estimate of drug-likeness (QED) is 0.303. The molecule has 4 nitrogen and oxygen atoms in total. The molecule has 4 heteroatoms. The van der Waals surface area contributed by atoms with Crippen LogP contribution in [0.4, 0.5) is 0 Å². The van der Waals surface area contributed by atoms with Crippen LogP contribution in [-0.4, -0.2) is 43.8 Å². The molecule has 0 aromatic heterocycles. The minimum Gasteiger partial charge on any atom is -0.380 e. The minimum absolute atomic E-state index is 0.0537. The number of rotatable bonds is 10. The van der Waals surface area contributed by atoms with Crippen molar-refractivity contribution < 1.29 is 20.4 Å². The largest absolute Gasteiger partial charge is 0.380 e. The number of hydrogen-bond acceptors (Lipinski definition) is 4. The molecular formula is C26H48O4. The van der Waals surface area contributed by atoms with Gasteiger partial charge in [-0.25, -0.2) is 0 Å². The van der Waals surface area contributed by atoms with Crippen molar-refractivity contribution in [1.29, 1.82) is 0 Å². The number of aliphatic hydroxyl groups is 4. The highest BCUT2D eigenvalue weighted by atomic mass is 16.3. The topological polar surface area (TPSA) is 80.9 Å². The lowest BCUT2D eigenvalue weighted by Gasteiger charge is -2.24. The van der Waals surface area contributed by atoms with Crippen molar-refractivity contribution in [2.45, 2.75) is 130 Å². The van der Waals surface area contributed by atoms with E-state index in [1.54, 1.807) is 13.8 Å². The predicted molar refractivity (Wildman–Crippen MR) is 127 cm³/mol. The lowest BCUT2D eigenvalue weighted by Crippen LogP contribution is -2.33. The van der Waals surface area contributed by atoms with Crippen molar-refractivity contribution in [3.63, 3.8) is 0 Å². The van der Waals surface area contributed by atoms with Gasteiger partial charge < -0.3 is 20.4 Å². The van der Waals surface area contributed by atoms with Crippen LogP contribution in [0.3, 0.4) is 0 Å². The van der Waals surface area contributed by atoms with Gasteiger partial charge in [-0.3, -0.25) is 0 Å². The molecule has 0 bridgehead atoms. The van der Waals surface area contributed by atoms with E-state index in [9.17, 15) is 20.4 Å². The highest BCUT2D eigenvalue weighted by molar-refractivity contribution is 5.20. The van der Waals surface area contributed by atoms with E-state index in [1.807, 2.05) is 27.7 Å². The molecule has 0 aliphatic rings. The Kier molecular flexibility index (Phi) is 17.3. The summed E-state index contributed by atoms with van der Waals surface area (Å²) in [6, 6.07) is 0. The molecule has 176 valence electrons. The van der Waals surface area contributed by atoms with Gasteiger partial charge in [0.15, 0.2) is 0 Å². The van der Waals surface area contributed by atoms with Crippen molar-refractivity contribution in [2.75, 3.05) is 0 Å². The van der Waals surface area contributed by atoms with E-state index in [2.05, 4.69) is 37.5 Å². The first-order valence-electron chi connectivity index (χ1n) is 11.7. The molecule has 30 heavy (non-hydrogen) atoms. The maximum atomic E-state index is 9.85. The van der Waals surface area contributed by atoms with E-state index in [-0.39, 0.29) is 11.8 Å². The smallest absolute Gasteiger partial charge is 0.125 e. The summed E-state index contributed by atoms with van der Waals surface area (Å²) in [5.74, 6) is 11.0. The van der Waals surface area contributed by atoms with Gasteiger partial charge >= 0.3 is 0 Å². The van der Waals surface area contributed by atoms with Crippen LogP contribution >= 0.6 is 0 Å². The van der Waals surface area contributed by atoms with Crippen LogP contribution in [0.15, 0.2) is 0 Å². The SMILES string of the molecule is CC(C)C(C)(O)C#CC(C)(O)C(C)C.CCCCCC(O)C#CC(O)CCCCC. The fourth-order valence-electron chi connectivity index (χ4n) is 2.05. The molecule has 0 aromatic carbocycles. The third-order valence-corrected chi connectivity index (χ3v) is 5.40. The first kappa shape index (κ1) is 31.1. The Balaban J connectivity index is 0. The maximum absolute atomic E-state index is 9.85. The number of unbranched alkanes of at least 4 members (excludes halogenated alkanes) is 4. The van der Waals surface area contributed by atoms with E-state index in [1.165, 1.54) is 0 Å². The Morgan fingerprint density at radius 1 is 0.633 bits per heavy atom. The van der Waals surface area contributed by atoms with Crippen LogP contribution in [0.25, 0.3) is 0 Å². The third kappa shape index (κ3) is 16.7. The fraction of sp³-hybridized carbons (Fsp3) is 0.846. The third-order valence-electron chi connectivity index (χ3n) is 5.40. The van der Waals surface area contributed by atoms with Gasteiger partial charge in [-0.15, -0.1) is 0 Å². The van der Waals surface area contributed by atoms with Crippen LogP contribution in [0.5, 0.6) is 0 Å². The molecule has 0 saturated heterocycles. The van der Waals surface area contributed by atoms with Gasteiger partial charge in [0, 0.05) is 0 Å². The van der Waals surface area contributed by atoms with Gasteiger partial charge in [0.1, 0.15) is 23.4 Å². The molecule has 0 aromatic rings. The highest BCUT2D eigenvalue weighted by Gasteiger charge is 2.25. The standard InChI is InChI=1S/C14H26O2.C12H22O2/c1-3-5-7-9-13(15)11-12-14(16)10-8-6-4-2;1-9(2)11(5,13)7-8-12(6,14)10(3)4/h13-16H,3-10H2,1-2H3;9-10,13-14H,1-6H3. The second-order valence-electron chi connectivity index (χ2n) is 9.17. The van der Waals surface area contributed by atoms with Crippen LogP contribution in [0.2, 0.25) is 0 Å². The summed E-state index contributed by atoms with van der Waals surface area (Å²) >= 11 is 0. The summed E-state index contributed by atoms with van der Waals surface area (Å²) in [6.45, 7) is 15.2. The van der Waals surface area contributed by atoms with Gasteiger partial charge in [-0.2, -0.15) is 0 Å². The van der Waals surface area contributed by atoms with Crippen LogP contribution in [0, 0.1) is 35.5 Å². The van der Waals surface area contributed by atoms with Crippen molar-refractivity contribution >= 4 is 0 Å². The molecule has 0 aliphatic heterocycles. The van der Waals surface area contributed by atoms with E-state index >= 15 is 0 Å². The fourth-order valence-corrected chi connectivity index (χ4v) is 2.05. The monoisotopic (exact) mass is 424 g/mol. The zero-order chi connectivity index (χ0) is 23.8. The van der Waals surface area contributed by atoms with Crippen molar-refractivity contribution in [2.24, 2.45) is 11.8 Å². The number of aliphatic hydroxyl groups excluding tert-OH is 2. The summed E-state index contributed by atoms with van der Waals surface area (Å²) in [5.41, 5.74) is -2.06. The first-order valence-corrected chi connectivity index (χ1v) is 11.7. The van der Waals surface area contributed by atoms with E-state index in [0.29, 0.717) is 0 Å². The van der Waals surface area contributed by atoms with E-state index in [4.69, 9.17) is 0 Å². The molecule has 0 amide bonds. The second kappa shape index (κ2) is 16.6. The Labute approximate surface area is 186 Å². The molecule has 4 N–H and O–H groups in total. The first-order chi connectivity index (χ1) is 13.8. The van der Waals surface area contributed by atoms with Gasteiger partial charge in [-0.1, -0.05) is 90.9 Å². The van der Waals surface area contributed by atoms with Crippen molar-refractivity contribution in [1.82, 2.24) is 0 Å². The molecule has 0 rings (SSSR count). The van der Waals surface area contributed by atoms with Gasteiger partial charge in [0.25, 0.3) is 0 Å². The maximum Gasteiger partial charge on any atom is 0.125 e. The van der Waals surface area contributed by atoms with Crippen molar-refractivity contribution in [3.8, 4) is 23.7 Å². The Hall–Kier alpha value is -1.04. The predicted octanol–water partition coefficient (Wildman–Crippen LogP) is 4.68. The van der Waals surface area contributed by atoms with Crippen LogP contribution in [0.1, 0.15) is 107 Å². The second-order valence-corrected chi connectivity index (χ2v) is 9.17. The highest BCUT2D eigenvalue weighted by Crippen LogP contribution is 2.18. The zero-order valence-electron chi connectivity index (χ0n) is 20.8. The summed E-state index contributed by atoms with van der Waals surface area (Å²) < 4.78 is 0. The lowest BCUT2D eigenvalue weighted by molar-refractivity contribution is 0.0611. The Morgan fingerprint density at radius 3 is 1.17 bits per heavy atom. The molecule has 0 heterocycles. The average molecular weight is 425 g/mol.